The fourth-order valence-electron chi connectivity index (χ4n) is 2.22. The first kappa shape index (κ1) is 12.9. The van der Waals surface area contributed by atoms with Gasteiger partial charge in [0.15, 0.2) is 0 Å². The molecule has 0 aliphatic carbocycles. The molecule has 0 aliphatic rings. The minimum atomic E-state index is -0.354. The van der Waals surface area contributed by atoms with Crippen molar-refractivity contribution in [2.24, 2.45) is 0 Å². The third-order valence-electron chi connectivity index (χ3n) is 3.14. The van der Waals surface area contributed by atoms with Gasteiger partial charge < -0.3 is 13.9 Å². The van der Waals surface area contributed by atoms with Crippen LogP contribution in [0.5, 0.6) is 5.75 Å². The highest BCUT2D eigenvalue weighted by molar-refractivity contribution is 7.99. The summed E-state index contributed by atoms with van der Waals surface area (Å²) >= 11 is 1.49. The van der Waals surface area contributed by atoms with E-state index in [4.69, 9.17) is 9.15 Å². The van der Waals surface area contributed by atoms with E-state index < -0.39 is 0 Å². The molecule has 3 rings (SSSR count). The van der Waals surface area contributed by atoms with Crippen LogP contribution in [0.1, 0.15) is 0 Å². The van der Waals surface area contributed by atoms with Crippen molar-refractivity contribution >= 4 is 39.4 Å². The Morgan fingerprint density at radius 2 is 1.90 bits per heavy atom. The van der Waals surface area contributed by atoms with E-state index in [9.17, 15) is 4.79 Å². The van der Waals surface area contributed by atoms with Crippen molar-refractivity contribution in [1.82, 2.24) is 0 Å². The van der Waals surface area contributed by atoms with Crippen LogP contribution in [-0.2, 0) is 0 Å². The summed E-state index contributed by atoms with van der Waals surface area (Å²) in [7, 11) is 1.57. The Hall–Kier alpha value is -2.14. The van der Waals surface area contributed by atoms with Crippen LogP contribution in [-0.4, -0.2) is 13.4 Å². The molecular formula is C15H13NO3S. The molecule has 2 aromatic carbocycles. The first-order valence-electron chi connectivity index (χ1n) is 6.06. The summed E-state index contributed by atoms with van der Waals surface area (Å²) in [5.41, 5.74) is 1.13. The summed E-state index contributed by atoms with van der Waals surface area (Å²) in [6.45, 7) is 0. The average molecular weight is 287 g/mol. The Labute approximate surface area is 119 Å². The second-order valence-electron chi connectivity index (χ2n) is 4.32. The molecule has 20 heavy (non-hydrogen) atoms. The summed E-state index contributed by atoms with van der Waals surface area (Å²) in [5.74, 6) is 0.643. The fraction of sp³-hybridized carbons (Fsp3) is 0.133. The molecule has 0 aliphatic heterocycles. The molecule has 0 bridgehead atoms. The summed E-state index contributed by atoms with van der Waals surface area (Å²) < 4.78 is 13.7. The van der Waals surface area contributed by atoms with E-state index in [0.717, 1.165) is 16.5 Å². The van der Waals surface area contributed by atoms with Crippen LogP contribution in [0.25, 0.3) is 21.7 Å². The summed E-state index contributed by atoms with van der Waals surface area (Å²) in [6, 6.07) is 11.2. The highest BCUT2D eigenvalue weighted by atomic mass is 32.2. The van der Waals surface area contributed by atoms with E-state index in [1.54, 1.807) is 13.2 Å². The first-order valence-corrected chi connectivity index (χ1v) is 7.29. The van der Waals surface area contributed by atoms with Crippen molar-refractivity contribution in [3.05, 3.63) is 46.8 Å². The molecule has 102 valence electrons. The summed E-state index contributed by atoms with van der Waals surface area (Å²) in [6.07, 6.45) is 1.94. The molecule has 0 saturated heterocycles. The Bertz CT molecular complexity index is 842. The number of rotatable bonds is 3. The lowest BCUT2D eigenvalue weighted by atomic mass is 10.1. The van der Waals surface area contributed by atoms with E-state index in [2.05, 4.69) is 4.72 Å². The third-order valence-corrected chi connectivity index (χ3v) is 3.58. The van der Waals surface area contributed by atoms with Crippen molar-refractivity contribution in [2.45, 2.75) is 0 Å². The highest BCUT2D eigenvalue weighted by Crippen LogP contribution is 2.28. The van der Waals surface area contributed by atoms with Gasteiger partial charge in [-0.05, 0) is 30.3 Å². The van der Waals surface area contributed by atoms with Crippen LogP contribution in [0.4, 0.5) is 5.69 Å². The molecule has 0 amide bonds. The van der Waals surface area contributed by atoms with Crippen molar-refractivity contribution in [1.29, 1.82) is 0 Å². The van der Waals surface area contributed by atoms with Crippen LogP contribution in [0.3, 0.4) is 0 Å². The molecule has 0 radical (unpaired) electrons. The molecular weight excluding hydrogens is 274 g/mol. The van der Waals surface area contributed by atoms with Gasteiger partial charge in [0.1, 0.15) is 11.3 Å². The molecule has 0 spiro atoms. The highest BCUT2D eigenvalue weighted by Gasteiger charge is 2.09. The van der Waals surface area contributed by atoms with Crippen LogP contribution in [0.2, 0.25) is 0 Å². The number of ether oxygens (including phenoxy) is 1. The van der Waals surface area contributed by atoms with E-state index in [1.807, 2.05) is 36.6 Å². The van der Waals surface area contributed by atoms with Gasteiger partial charge in [-0.15, -0.1) is 0 Å². The van der Waals surface area contributed by atoms with Gasteiger partial charge in [0, 0.05) is 28.8 Å². The van der Waals surface area contributed by atoms with Gasteiger partial charge in [0.25, 0.3) is 0 Å². The van der Waals surface area contributed by atoms with Gasteiger partial charge in [0.05, 0.1) is 12.5 Å². The number of fused-ring (bicyclic) bond motifs is 3. The third kappa shape index (κ3) is 2.10. The zero-order valence-electron chi connectivity index (χ0n) is 11.1. The van der Waals surface area contributed by atoms with Crippen LogP contribution in [0.15, 0.2) is 45.6 Å². The summed E-state index contributed by atoms with van der Waals surface area (Å²) in [4.78, 5) is 12.1. The molecule has 0 atom stereocenters. The lowest BCUT2D eigenvalue weighted by molar-refractivity contribution is 0.415. The Morgan fingerprint density at radius 1 is 1.10 bits per heavy atom. The van der Waals surface area contributed by atoms with Gasteiger partial charge in [-0.1, -0.05) is 11.9 Å². The quantitative estimate of drug-likeness (QED) is 0.453. The zero-order valence-corrected chi connectivity index (χ0v) is 11.9. The standard InChI is InChI=1S/C15H13NO3S/c1-18-10-4-6-11-12-5-3-9(16-20-2)7-14(12)19-15(17)13(11)8-10/h3-8,16H,1-2H3. The zero-order chi connectivity index (χ0) is 14.1. The maximum Gasteiger partial charge on any atom is 0.344 e. The number of hydrogen-bond acceptors (Lipinski definition) is 5. The maximum absolute atomic E-state index is 12.1. The van der Waals surface area contributed by atoms with Gasteiger partial charge in [0.2, 0.25) is 0 Å². The molecule has 0 unspecified atom stereocenters. The van der Waals surface area contributed by atoms with Crippen molar-refractivity contribution < 1.29 is 9.15 Å². The monoisotopic (exact) mass is 287 g/mol. The Balaban J connectivity index is 2.33. The van der Waals surface area contributed by atoms with E-state index in [1.165, 1.54) is 11.9 Å². The van der Waals surface area contributed by atoms with E-state index in [-0.39, 0.29) is 5.63 Å². The lowest BCUT2D eigenvalue weighted by Gasteiger charge is -2.07. The summed E-state index contributed by atoms with van der Waals surface area (Å²) in [5, 5.41) is 2.31. The van der Waals surface area contributed by atoms with E-state index in [0.29, 0.717) is 16.7 Å². The molecule has 1 N–H and O–H groups in total. The molecule has 1 aromatic heterocycles. The van der Waals surface area contributed by atoms with Gasteiger partial charge in [-0.2, -0.15) is 0 Å². The Morgan fingerprint density at radius 3 is 2.65 bits per heavy atom. The number of anilines is 1. The van der Waals surface area contributed by atoms with Crippen LogP contribution in [0, 0.1) is 0 Å². The molecule has 5 heteroatoms. The number of methoxy groups -OCH3 is 1. The van der Waals surface area contributed by atoms with Crippen molar-refractivity contribution in [2.75, 3.05) is 18.1 Å². The molecule has 1 heterocycles. The van der Waals surface area contributed by atoms with Crippen LogP contribution >= 0.6 is 11.9 Å². The van der Waals surface area contributed by atoms with E-state index >= 15 is 0 Å². The van der Waals surface area contributed by atoms with Gasteiger partial charge >= 0.3 is 5.63 Å². The molecule has 3 aromatic rings. The smallest absolute Gasteiger partial charge is 0.344 e. The number of benzene rings is 2. The van der Waals surface area contributed by atoms with Crippen LogP contribution < -0.4 is 15.1 Å². The molecule has 0 saturated carbocycles. The maximum atomic E-state index is 12.1. The first-order chi connectivity index (χ1) is 9.72. The lowest BCUT2D eigenvalue weighted by Crippen LogP contribution is -2.00. The fourth-order valence-corrected chi connectivity index (χ4v) is 2.58. The van der Waals surface area contributed by atoms with Crippen molar-refractivity contribution in [3.63, 3.8) is 0 Å². The topological polar surface area (TPSA) is 51.5 Å². The molecule has 4 nitrogen and oxygen atoms in total. The molecule has 0 fully saturated rings. The second-order valence-corrected chi connectivity index (χ2v) is 4.93. The minimum absolute atomic E-state index is 0.354. The second kappa shape index (κ2) is 5.09. The largest absolute Gasteiger partial charge is 0.497 e. The predicted octanol–water partition coefficient (Wildman–Crippen LogP) is 3.64. The normalized spacial score (nSPS) is 10.9. The average Bonchev–Trinajstić information content (AvgIpc) is 2.47. The predicted molar refractivity (Wildman–Crippen MR) is 83.7 cm³/mol. The Kier molecular flexibility index (Phi) is 3.28. The minimum Gasteiger partial charge on any atom is -0.497 e. The number of nitrogens with one attached hydrogen (secondary N) is 1. The van der Waals surface area contributed by atoms with Gasteiger partial charge in [-0.25, -0.2) is 4.79 Å². The number of hydrogen-bond donors (Lipinski definition) is 1. The van der Waals surface area contributed by atoms with Gasteiger partial charge in [-0.3, -0.25) is 0 Å². The SMILES string of the molecule is COc1ccc2c(c1)c(=O)oc1cc(NSC)ccc12. The van der Waals surface area contributed by atoms with Crippen molar-refractivity contribution in [3.8, 4) is 5.75 Å².